The van der Waals surface area contributed by atoms with E-state index >= 15 is 0 Å². The van der Waals surface area contributed by atoms with E-state index in [1.807, 2.05) is 6.92 Å². The van der Waals surface area contributed by atoms with Crippen molar-refractivity contribution in [2.24, 2.45) is 5.92 Å². The van der Waals surface area contributed by atoms with E-state index in [-0.39, 0.29) is 11.9 Å². The molecule has 1 unspecified atom stereocenters. The van der Waals surface area contributed by atoms with E-state index in [4.69, 9.17) is 14.5 Å². The summed E-state index contributed by atoms with van der Waals surface area (Å²) in [6.45, 7) is 5.15. The Morgan fingerprint density at radius 2 is 1.91 bits per heavy atom. The molecule has 0 saturated heterocycles. The molecular weight excluding hydrogens is 402 g/mol. The second kappa shape index (κ2) is 8.01. The van der Waals surface area contributed by atoms with Crippen LogP contribution in [0.5, 0.6) is 11.5 Å². The van der Waals surface area contributed by atoms with Crippen molar-refractivity contribution in [3.63, 3.8) is 0 Å². The van der Waals surface area contributed by atoms with Gasteiger partial charge in [0.15, 0.2) is 0 Å². The van der Waals surface area contributed by atoms with Crippen LogP contribution in [0.1, 0.15) is 52.3 Å². The molecule has 6 heteroatoms. The van der Waals surface area contributed by atoms with Gasteiger partial charge in [-0.2, -0.15) is 0 Å². The standard InChI is InChI=1S/C26H29N3O3/c1-15-10-17-7-8-18(21-14-29-9-5-6-24(29)27-21)11-20(17)25(15)28-26(30)19-12-22(31-3)16(2)23(13-19)32-4/h7-8,11-15,25H,5-6,9-10H2,1-4H3,(H,28,30)/t15?,25-/m1/s1. The average Bonchev–Trinajstić information content (AvgIpc) is 3.47. The van der Waals surface area contributed by atoms with Gasteiger partial charge in [-0.25, -0.2) is 4.98 Å². The quantitative estimate of drug-likeness (QED) is 0.647. The first-order valence-corrected chi connectivity index (χ1v) is 11.2. The summed E-state index contributed by atoms with van der Waals surface area (Å²) in [5.41, 5.74) is 6.01. The van der Waals surface area contributed by atoms with Crippen LogP contribution in [0.25, 0.3) is 11.3 Å². The molecule has 3 aromatic rings. The van der Waals surface area contributed by atoms with Gasteiger partial charge in [0.25, 0.3) is 5.91 Å². The maximum atomic E-state index is 13.2. The molecule has 0 saturated carbocycles. The molecule has 1 aliphatic carbocycles. The lowest BCUT2D eigenvalue weighted by molar-refractivity contribution is 0.0926. The molecule has 2 heterocycles. The summed E-state index contributed by atoms with van der Waals surface area (Å²) >= 11 is 0. The highest BCUT2D eigenvalue weighted by atomic mass is 16.5. The average molecular weight is 432 g/mol. The van der Waals surface area contributed by atoms with Crippen molar-refractivity contribution in [2.45, 2.75) is 45.7 Å². The molecule has 2 aromatic carbocycles. The number of hydrogen-bond donors (Lipinski definition) is 1. The van der Waals surface area contributed by atoms with Crippen LogP contribution in [0.3, 0.4) is 0 Å². The van der Waals surface area contributed by atoms with Crippen LogP contribution in [-0.2, 0) is 19.4 Å². The molecule has 0 radical (unpaired) electrons. The largest absolute Gasteiger partial charge is 0.496 e. The smallest absolute Gasteiger partial charge is 0.252 e. The summed E-state index contributed by atoms with van der Waals surface area (Å²) in [4.78, 5) is 18.0. The van der Waals surface area contributed by atoms with Crippen LogP contribution >= 0.6 is 0 Å². The number of hydrogen-bond acceptors (Lipinski definition) is 4. The number of methoxy groups -OCH3 is 2. The second-order valence-electron chi connectivity index (χ2n) is 8.89. The number of aryl methyl sites for hydroxylation is 2. The Morgan fingerprint density at radius 1 is 1.16 bits per heavy atom. The molecule has 166 valence electrons. The lowest BCUT2D eigenvalue weighted by Gasteiger charge is -2.20. The van der Waals surface area contributed by atoms with E-state index < -0.39 is 0 Å². The molecule has 2 atom stereocenters. The van der Waals surface area contributed by atoms with Crippen LogP contribution in [0.4, 0.5) is 0 Å². The molecule has 1 N–H and O–H groups in total. The maximum Gasteiger partial charge on any atom is 0.252 e. The second-order valence-corrected chi connectivity index (χ2v) is 8.89. The molecule has 1 aliphatic heterocycles. The number of nitrogens with zero attached hydrogens (tertiary/aromatic N) is 2. The summed E-state index contributed by atoms with van der Waals surface area (Å²) in [7, 11) is 3.21. The van der Waals surface area contributed by atoms with E-state index in [0.29, 0.717) is 23.0 Å². The molecule has 2 aliphatic rings. The molecule has 0 spiro atoms. The fraction of sp³-hybridized carbons (Fsp3) is 0.385. The zero-order valence-electron chi connectivity index (χ0n) is 19.1. The fourth-order valence-electron chi connectivity index (χ4n) is 5.06. The van der Waals surface area contributed by atoms with Gasteiger partial charge in [0.2, 0.25) is 0 Å². The Bertz CT molecular complexity index is 1150. The number of aromatic nitrogens is 2. The number of nitrogens with one attached hydrogen (secondary N) is 1. The van der Waals surface area contributed by atoms with E-state index in [1.54, 1.807) is 26.4 Å². The highest BCUT2D eigenvalue weighted by Crippen LogP contribution is 2.39. The van der Waals surface area contributed by atoms with Crippen molar-refractivity contribution in [2.75, 3.05) is 14.2 Å². The van der Waals surface area contributed by atoms with Gasteiger partial charge < -0.3 is 19.4 Å². The van der Waals surface area contributed by atoms with Crippen LogP contribution < -0.4 is 14.8 Å². The molecule has 1 amide bonds. The molecule has 0 bridgehead atoms. The predicted octanol–water partition coefficient (Wildman–Crippen LogP) is 4.49. The van der Waals surface area contributed by atoms with Crippen LogP contribution in [0.15, 0.2) is 36.5 Å². The Hall–Kier alpha value is -3.28. The van der Waals surface area contributed by atoms with Crippen molar-refractivity contribution in [1.82, 2.24) is 14.9 Å². The maximum absolute atomic E-state index is 13.2. The third-order valence-corrected chi connectivity index (χ3v) is 6.85. The summed E-state index contributed by atoms with van der Waals surface area (Å²) < 4.78 is 13.1. The number of ether oxygens (including phenoxy) is 2. The first-order chi connectivity index (χ1) is 15.5. The number of rotatable bonds is 5. The summed E-state index contributed by atoms with van der Waals surface area (Å²) in [5.74, 6) is 2.64. The van der Waals surface area contributed by atoms with E-state index in [2.05, 4.69) is 41.2 Å². The number of carbonyl (C=O) groups excluding carboxylic acids is 1. The van der Waals surface area contributed by atoms with E-state index in [0.717, 1.165) is 36.2 Å². The minimum Gasteiger partial charge on any atom is -0.496 e. The van der Waals surface area contributed by atoms with Crippen LogP contribution in [0.2, 0.25) is 0 Å². The molecule has 0 fully saturated rings. The topological polar surface area (TPSA) is 65.4 Å². The minimum absolute atomic E-state index is 0.0507. The lowest BCUT2D eigenvalue weighted by atomic mass is 9.99. The van der Waals surface area contributed by atoms with Gasteiger partial charge in [0.05, 0.1) is 26.0 Å². The van der Waals surface area contributed by atoms with Gasteiger partial charge >= 0.3 is 0 Å². The SMILES string of the molecule is COc1cc(C(=O)N[C@H]2c3cc(-c4cn5c(n4)CCC5)ccc3CC2C)cc(OC)c1C. The van der Waals surface area contributed by atoms with Crippen molar-refractivity contribution < 1.29 is 14.3 Å². The number of carbonyl (C=O) groups is 1. The number of amides is 1. The Labute approximate surface area is 188 Å². The highest BCUT2D eigenvalue weighted by molar-refractivity contribution is 5.95. The minimum atomic E-state index is -0.127. The van der Waals surface area contributed by atoms with Gasteiger partial charge in [-0.05, 0) is 55.0 Å². The van der Waals surface area contributed by atoms with Crippen molar-refractivity contribution >= 4 is 5.91 Å². The lowest BCUT2D eigenvalue weighted by Crippen LogP contribution is -2.30. The first-order valence-electron chi connectivity index (χ1n) is 11.2. The number of fused-ring (bicyclic) bond motifs is 2. The first kappa shape index (κ1) is 20.6. The van der Waals surface area contributed by atoms with Crippen molar-refractivity contribution in [1.29, 1.82) is 0 Å². The molecule has 5 rings (SSSR count). The Kier molecular flexibility index (Phi) is 5.16. The van der Waals surface area contributed by atoms with Gasteiger partial charge in [0, 0.05) is 35.9 Å². The monoisotopic (exact) mass is 431 g/mol. The molecule has 1 aromatic heterocycles. The van der Waals surface area contributed by atoms with E-state index in [1.165, 1.54) is 23.4 Å². The Balaban J connectivity index is 1.44. The molecular formula is C26H29N3O3. The molecule has 6 nitrogen and oxygen atoms in total. The molecule has 32 heavy (non-hydrogen) atoms. The number of imidazole rings is 1. The zero-order chi connectivity index (χ0) is 22.4. The van der Waals surface area contributed by atoms with Crippen molar-refractivity contribution in [3.8, 4) is 22.8 Å². The fourth-order valence-corrected chi connectivity index (χ4v) is 5.06. The van der Waals surface area contributed by atoms with Crippen LogP contribution in [0, 0.1) is 12.8 Å². The predicted molar refractivity (Wildman–Crippen MR) is 123 cm³/mol. The van der Waals surface area contributed by atoms with Gasteiger partial charge in [-0.15, -0.1) is 0 Å². The normalized spacial score (nSPS) is 18.9. The van der Waals surface area contributed by atoms with Crippen molar-refractivity contribution in [3.05, 3.63) is 64.6 Å². The van der Waals surface area contributed by atoms with Crippen LogP contribution in [-0.4, -0.2) is 29.7 Å². The highest BCUT2D eigenvalue weighted by Gasteiger charge is 2.32. The Morgan fingerprint density at radius 3 is 2.59 bits per heavy atom. The third-order valence-electron chi connectivity index (χ3n) is 6.85. The van der Waals surface area contributed by atoms with Gasteiger partial charge in [0.1, 0.15) is 17.3 Å². The summed E-state index contributed by atoms with van der Waals surface area (Å²) in [6, 6.07) is 10.1. The summed E-state index contributed by atoms with van der Waals surface area (Å²) in [5, 5.41) is 3.27. The number of benzene rings is 2. The third kappa shape index (κ3) is 3.44. The summed E-state index contributed by atoms with van der Waals surface area (Å²) in [6.07, 6.45) is 5.32. The zero-order valence-corrected chi connectivity index (χ0v) is 19.1. The van der Waals surface area contributed by atoms with Gasteiger partial charge in [-0.3, -0.25) is 4.79 Å². The van der Waals surface area contributed by atoms with Gasteiger partial charge in [-0.1, -0.05) is 19.1 Å². The van der Waals surface area contributed by atoms with E-state index in [9.17, 15) is 4.79 Å².